The zero-order valence-corrected chi connectivity index (χ0v) is 19.0. The van der Waals surface area contributed by atoms with Crippen molar-refractivity contribution in [3.05, 3.63) is 0 Å². The van der Waals surface area contributed by atoms with Gasteiger partial charge >= 0.3 is 5.97 Å². The Morgan fingerprint density at radius 1 is 0.600 bits per heavy atom. The molecule has 0 spiro atoms. The molecule has 0 aliphatic heterocycles. The van der Waals surface area contributed by atoms with Gasteiger partial charge in [0, 0.05) is 6.42 Å². The summed E-state index contributed by atoms with van der Waals surface area (Å²) >= 11 is 2.48. The van der Waals surface area contributed by atoms with Gasteiger partial charge in [-0.1, -0.05) is 119 Å². The summed E-state index contributed by atoms with van der Waals surface area (Å²) in [4.78, 5) is 11.2. The summed E-state index contributed by atoms with van der Waals surface area (Å²) in [6.07, 6.45) is 24.0. The van der Waals surface area contributed by atoms with Crippen LogP contribution in [0.15, 0.2) is 0 Å². The summed E-state index contributed by atoms with van der Waals surface area (Å²) < 4.78 is 6.26. The van der Waals surface area contributed by atoms with E-state index in [2.05, 4.69) is 22.6 Å². The van der Waals surface area contributed by atoms with E-state index < -0.39 is 0 Å². The highest BCUT2D eigenvalue weighted by atomic mass is 127. The molecule has 2 nitrogen and oxygen atoms in total. The second kappa shape index (κ2) is 22.2. The molecule has 0 heterocycles. The van der Waals surface area contributed by atoms with Gasteiger partial charge < -0.3 is 4.74 Å². The SMILES string of the molecule is CCOC(=O)CCCCCCCCCCCCCCCCCCCI. The van der Waals surface area contributed by atoms with Crippen molar-refractivity contribution in [3.63, 3.8) is 0 Å². The highest BCUT2D eigenvalue weighted by Crippen LogP contribution is 2.14. The van der Waals surface area contributed by atoms with E-state index in [9.17, 15) is 4.79 Å². The first-order valence-electron chi connectivity index (χ1n) is 11.0. The third kappa shape index (κ3) is 22.2. The fourth-order valence-electron chi connectivity index (χ4n) is 3.25. The van der Waals surface area contributed by atoms with Crippen molar-refractivity contribution in [2.45, 2.75) is 122 Å². The number of unbranched alkanes of at least 4 members (excludes halogenated alkanes) is 16. The fraction of sp³-hybridized carbons (Fsp3) is 0.955. The highest BCUT2D eigenvalue weighted by molar-refractivity contribution is 14.1. The van der Waals surface area contributed by atoms with Crippen LogP contribution in [0.3, 0.4) is 0 Å². The molecule has 0 rings (SSSR count). The minimum absolute atomic E-state index is 0.0290. The Morgan fingerprint density at radius 2 is 0.920 bits per heavy atom. The lowest BCUT2D eigenvalue weighted by Gasteiger charge is -2.04. The van der Waals surface area contributed by atoms with Gasteiger partial charge in [0.2, 0.25) is 0 Å². The van der Waals surface area contributed by atoms with Crippen molar-refractivity contribution in [2.75, 3.05) is 11.0 Å². The van der Waals surface area contributed by atoms with Crippen molar-refractivity contribution < 1.29 is 9.53 Å². The van der Waals surface area contributed by atoms with E-state index in [4.69, 9.17) is 4.74 Å². The predicted molar refractivity (Wildman–Crippen MR) is 119 cm³/mol. The lowest BCUT2D eigenvalue weighted by molar-refractivity contribution is -0.143. The molecule has 150 valence electrons. The Hall–Kier alpha value is 0.200. The van der Waals surface area contributed by atoms with Crippen LogP contribution in [0.1, 0.15) is 122 Å². The molecular formula is C22H43IO2. The van der Waals surface area contributed by atoms with Crippen molar-refractivity contribution in [3.8, 4) is 0 Å². The molecule has 0 fully saturated rings. The number of carbonyl (C=O) groups is 1. The summed E-state index contributed by atoms with van der Waals surface area (Å²) in [5, 5.41) is 0. The minimum Gasteiger partial charge on any atom is -0.466 e. The maximum Gasteiger partial charge on any atom is 0.305 e. The molecule has 0 aromatic heterocycles. The fourth-order valence-corrected chi connectivity index (χ4v) is 3.79. The van der Waals surface area contributed by atoms with Gasteiger partial charge in [-0.25, -0.2) is 0 Å². The van der Waals surface area contributed by atoms with Gasteiger partial charge in [-0.2, -0.15) is 0 Å². The quantitative estimate of drug-likeness (QED) is 0.0786. The molecule has 0 amide bonds. The van der Waals surface area contributed by atoms with Gasteiger partial charge in [-0.15, -0.1) is 0 Å². The highest BCUT2D eigenvalue weighted by Gasteiger charge is 2.00. The molecular weight excluding hydrogens is 423 g/mol. The second-order valence-electron chi connectivity index (χ2n) is 7.25. The van der Waals surface area contributed by atoms with Gasteiger partial charge in [0.05, 0.1) is 6.61 Å². The minimum atomic E-state index is -0.0290. The number of halogens is 1. The third-order valence-corrected chi connectivity index (χ3v) is 5.58. The summed E-state index contributed by atoms with van der Waals surface area (Å²) in [5.74, 6) is -0.0290. The molecule has 0 aliphatic carbocycles. The Balaban J connectivity index is 3.02. The number of carbonyl (C=O) groups excluding carboxylic acids is 1. The topological polar surface area (TPSA) is 26.3 Å². The number of ether oxygens (including phenoxy) is 1. The van der Waals surface area contributed by atoms with E-state index in [0.29, 0.717) is 13.0 Å². The molecule has 3 heteroatoms. The number of esters is 1. The standard InChI is InChI=1S/C22H43IO2/c1-2-25-22(24)20-18-16-14-12-10-8-6-4-3-5-7-9-11-13-15-17-19-21-23/h2-21H2,1H3. The van der Waals surface area contributed by atoms with Gasteiger partial charge in [0.1, 0.15) is 0 Å². The number of hydrogen-bond donors (Lipinski definition) is 0. The smallest absolute Gasteiger partial charge is 0.305 e. The molecule has 25 heavy (non-hydrogen) atoms. The molecule has 0 aromatic carbocycles. The van der Waals surface area contributed by atoms with Crippen LogP contribution in [0, 0.1) is 0 Å². The van der Waals surface area contributed by atoms with Crippen molar-refractivity contribution >= 4 is 28.6 Å². The number of rotatable bonds is 20. The van der Waals surface area contributed by atoms with Crippen LogP contribution in [0.5, 0.6) is 0 Å². The molecule has 0 saturated heterocycles. The molecule has 0 atom stereocenters. The first-order chi connectivity index (χ1) is 12.3. The zero-order chi connectivity index (χ0) is 18.4. The molecule has 0 aliphatic rings. The summed E-state index contributed by atoms with van der Waals surface area (Å²) in [6.45, 7) is 2.38. The largest absolute Gasteiger partial charge is 0.466 e. The first kappa shape index (κ1) is 25.2. The average Bonchev–Trinajstić information content (AvgIpc) is 2.61. The van der Waals surface area contributed by atoms with E-state index in [1.54, 1.807) is 0 Å². The average molecular weight is 466 g/mol. The zero-order valence-electron chi connectivity index (χ0n) is 16.8. The lowest BCUT2D eigenvalue weighted by atomic mass is 10.0. The van der Waals surface area contributed by atoms with E-state index in [1.165, 1.54) is 107 Å². The van der Waals surface area contributed by atoms with E-state index in [-0.39, 0.29) is 5.97 Å². The van der Waals surface area contributed by atoms with Gasteiger partial charge in [-0.05, 0) is 24.2 Å². The van der Waals surface area contributed by atoms with Gasteiger partial charge in [-0.3, -0.25) is 4.79 Å². The molecule has 0 saturated carbocycles. The Kier molecular flexibility index (Phi) is 22.4. The van der Waals surface area contributed by atoms with Crippen LogP contribution in [0.2, 0.25) is 0 Å². The maximum absolute atomic E-state index is 11.2. The molecule has 0 unspecified atom stereocenters. The predicted octanol–water partition coefficient (Wildman–Crippen LogP) is 8.01. The Labute approximate surface area is 171 Å². The first-order valence-corrected chi connectivity index (χ1v) is 12.6. The van der Waals surface area contributed by atoms with Gasteiger partial charge in [0.15, 0.2) is 0 Å². The van der Waals surface area contributed by atoms with Crippen LogP contribution < -0.4 is 0 Å². The van der Waals surface area contributed by atoms with Gasteiger partial charge in [0.25, 0.3) is 0 Å². The number of alkyl halides is 1. The Bertz CT molecular complexity index is 269. The van der Waals surface area contributed by atoms with E-state index in [0.717, 1.165) is 6.42 Å². The number of hydrogen-bond acceptors (Lipinski definition) is 2. The molecule has 0 bridgehead atoms. The van der Waals surface area contributed by atoms with Crippen LogP contribution in [0.25, 0.3) is 0 Å². The molecule has 0 N–H and O–H groups in total. The van der Waals surface area contributed by atoms with Crippen LogP contribution >= 0.6 is 22.6 Å². The van der Waals surface area contributed by atoms with E-state index >= 15 is 0 Å². The second-order valence-corrected chi connectivity index (χ2v) is 8.33. The Morgan fingerprint density at radius 3 is 1.24 bits per heavy atom. The van der Waals surface area contributed by atoms with Crippen LogP contribution in [-0.4, -0.2) is 17.0 Å². The van der Waals surface area contributed by atoms with Crippen molar-refractivity contribution in [2.24, 2.45) is 0 Å². The third-order valence-electron chi connectivity index (χ3n) is 4.82. The molecule has 0 radical (unpaired) electrons. The van der Waals surface area contributed by atoms with Crippen LogP contribution in [0.4, 0.5) is 0 Å². The van der Waals surface area contributed by atoms with Crippen molar-refractivity contribution in [1.29, 1.82) is 0 Å². The summed E-state index contributed by atoms with van der Waals surface area (Å²) in [6, 6.07) is 0. The lowest BCUT2D eigenvalue weighted by Crippen LogP contribution is -2.03. The monoisotopic (exact) mass is 466 g/mol. The maximum atomic E-state index is 11.2. The summed E-state index contributed by atoms with van der Waals surface area (Å²) in [7, 11) is 0. The van der Waals surface area contributed by atoms with Crippen molar-refractivity contribution in [1.82, 2.24) is 0 Å². The summed E-state index contributed by atoms with van der Waals surface area (Å²) in [5.41, 5.74) is 0. The molecule has 0 aromatic rings. The van der Waals surface area contributed by atoms with E-state index in [1.807, 2.05) is 6.92 Å². The normalized spacial score (nSPS) is 11.0. The van der Waals surface area contributed by atoms with Crippen LogP contribution in [-0.2, 0) is 9.53 Å².